The van der Waals surface area contributed by atoms with Gasteiger partial charge < -0.3 is 10.1 Å². The zero-order valence-corrected chi connectivity index (χ0v) is 14.4. The van der Waals surface area contributed by atoms with E-state index in [4.69, 9.17) is 10.00 Å². The summed E-state index contributed by atoms with van der Waals surface area (Å²) < 4.78 is 5.77. The van der Waals surface area contributed by atoms with Gasteiger partial charge in [0.25, 0.3) is 17.5 Å². The first-order valence-corrected chi connectivity index (χ1v) is 8.50. The molecular weight excluding hydrogens is 350 g/mol. The molecule has 138 valence electrons. The zero-order valence-electron chi connectivity index (χ0n) is 14.4. The van der Waals surface area contributed by atoms with Gasteiger partial charge in [-0.05, 0) is 31.7 Å². The number of nitro groups is 1. The number of aromatic nitrogens is 2. The predicted octanol–water partition coefficient (Wildman–Crippen LogP) is 2.38. The summed E-state index contributed by atoms with van der Waals surface area (Å²) in [4.78, 5) is 30.6. The Morgan fingerprint density at radius 1 is 1.26 bits per heavy atom. The quantitative estimate of drug-likeness (QED) is 0.634. The second-order valence-corrected chi connectivity index (χ2v) is 6.19. The van der Waals surface area contributed by atoms with E-state index in [-0.39, 0.29) is 40.9 Å². The molecule has 1 saturated carbocycles. The van der Waals surface area contributed by atoms with E-state index in [1.165, 1.54) is 30.6 Å². The number of non-ortho nitro benzene ring substituents is 1. The molecule has 0 aliphatic heterocycles. The lowest BCUT2D eigenvalue weighted by Crippen LogP contribution is -2.39. The van der Waals surface area contributed by atoms with Gasteiger partial charge >= 0.3 is 0 Å². The molecule has 9 nitrogen and oxygen atoms in total. The van der Waals surface area contributed by atoms with E-state index in [0.717, 1.165) is 0 Å². The van der Waals surface area contributed by atoms with Gasteiger partial charge in [0.2, 0.25) is 5.69 Å². The number of amides is 1. The Morgan fingerprint density at radius 3 is 2.70 bits per heavy atom. The number of carbonyl (C=O) groups excluding carboxylic acids is 1. The molecule has 0 unspecified atom stereocenters. The van der Waals surface area contributed by atoms with Crippen molar-refractivity contribution in [3.8, 4) is 11.9 Å². The van der Waals surface area contributed by atoms with Crippen LogP contribution in [-0.2, 0) is 0 Å². The molecule has 0 spiro atoms. The van der Waals surface area contributed by atoms with Crippen molar-refractivity contribution >= 4 is 11.6 Å². The van der Waals surface area contributed by atoms with Crippen LogP contribution in [0.15, 0.2) is 36.7 Å². The molecule has 1 aliphatic rings. The summed E-state index contributed by atoms with van der Waals surface area (Å²) in [5.41, 5.74) is 0.302. The van der Waals surface area contributed by atoms with Crippen LogP contribution < -0.4 is 10.1 Å². The number of ether oxygens (including phenoxy) is 1. The minimum absolute atomic E-state index is 0.0334. The smallest absolute Gasteiger partial charge is 0.270 e. The summed E-state index contributed by atoms with van der Waals surface area (Å²) in [6.07, 6.45) is 5.61. The first-order valence-electron chi connectivity index (χ1n) is 8.50. The topological polar surface area (TPSA) is 131 Å². The van der Waals surface area contributed by atoms with Crippen LogP contribution in [0.1, 0.15) is 41.7 Å². The van der Waals surface area contributed by atoms with Crippen molar-refractivity contribution in [2.45, 2.75) is 37.8 Å². The number of nitriles is 1. The largest absolute Gasteiger partial charge is 0.472 e. The fourth-order valence-corrected chi connectivity index (χ4v) is 3.00. The molecule has 1 aromatic heterocycles. The van der Waals surface area contributed by atoms with Gasteiger partial charge in [-0.2, -0.15) is 5.26 Å². The van der Waals surface area contributed by atoms with Crippen molar-refractivity contribution in [3.05, 3.63) is 58.0 Å². The van der Waals surface area contributed by atoms with E-state index in [0.29, 0.717) is 25.7 Å². The summed E-state index contributed by atoms with van der Waals surface area (Å²) in [7, 11) is 0. The van der Waals surface area contributed by atoms with Crippen molar-refractivity contribution in [2.24, 2.45) is 0 Å². The molecule has 9 heteroatoms. The lowest BCUT2D eigenvalue weighted by molar-refractivity contribution is -0.384. The van der Waals surface area contributed by atoms with Crippen LogP contribution in [0.4, 0.5) is 5.69 Å². The molecule has 0 bridgehead atoms. The Morgan fingerprint density at radius 2 is 2.00 bits per heavy atom. The summed E-state index contributed by atoms with van der Waals surface area (Å²) in [5, 5.41) is 22.8. The van der Waals surface area contributed by atoms with E-state index in [2.05, 4.69) is 15.3 Å². The highest BCUT2D eigenvalue weighted by Gasteiger charge is 2.25. The Hall–Kier alpha value is -3.54. The molecule has 0 saturated heterocycles. The SMILES string of the molecule is N#Cc1nccnc1OC1CCC(NC(=O)c2cccc([N+](=O)[O-])c2)CC1. The van der Waals surface area contributed by atoms with Crippen molar-refractivity contribution in [1.82, 2.24) is 15.3 Å². The highest BCUT2D eigenvalue weighted by molar-refractivity contribution is 5.95. The van der Waals surface area contributed by atoms with Crippen LogP contribution in [0.2, 0.25) is 0 Å². The third kappa shape index (κ3) is 4.55. The van der Waals surface area contributed by atoms with Gasteiger partial charge in [-0.3, -0.25) is 14.9 Å². The van der Waals surface area contributed by atoms with Crippen LogP contribution in [0.3, 0.4) is 0 Å². The first-order chi connectivity index (χ1) is 13.1. The average Bonchev–Trinajstić information content (AvgIpc) is 2.70. The third-order valence-electron chi connectivity index (χ3n) is 4.38. The normalized spacial score (nSPS) is 18.9. The molecule has 0 atom stereocenters. The molecule has 1 N–H and O–H groups in total. The Bertz CT molecular complexity index is 887. The fraction of sp³-hybridized carbons (Fsp3) is 0.333. The minimum atomic E-state index is -0.526. The minimum Gasteiger partial charge on any atom is -0.472 e. The second kappa shape index (κ2) is 8.23. The van der Waals surface area contributed by atoms with E-state index in [1.807, 2.05) is 6.07 Å². The lowest BCUT2D eigenvalue weighted by Gasteiger charge is -2.29. The Balaban J connectivity index is 1.54. The number of nitrogens with one attached hydrogen (secondary N) is 1. The molecule has 1 aliphatic carbocycles. The standard InChI is InChI=1S/C18H17N5O4/c19-11-16-18(21-9-8-20-16)27-15-6-4-13(5-7-15)22-17(24)12-2-1-3-14(10-12)23(25)26/h1-3,8-10,13,15H,4-7H2,(H,22,24). The second-order valence-electron chi connectivity index (χ2n) is 6.19. The van der Waals surface area contributed by atoms with Gasteiger partial charge in [0.05, 0.1) is 4.92 Å². The molecular formula is C18H17N5O4. The van der Waals surface area contributed by atoms with Gasteiger partial charge in [0.15, 0.2) is 0 Å². The maximum Gasteiger partial charge on any atom is 0.270 e. The van der Waals surface area contributed by atoms with Gasteiger partial charge in [0.1, 0.15) is 12.2 Å². The van der Waals surface area contributed by atoms with Crippen LogP contribution in [0.25, 0.3) is 0 Å². The van der Waals surface area contributed by atoms with Gasteiger partial charge in [-0.1, -0.05) is 6.07 Å². The van der Waals surface area contributed by atoms with Gasteiger partial charge in [-0.25, -0.2) is 9.97 Å². The van der Waals surface area contributed by atoms with Crippen LogP contribution >= 0.6 is 0 Å². The number of carbonyl (C=O) groups is 1. The van der Waals surface area contributed by atoms with Crippen LogP contribution in [-0.4, -0.2) is 32.9 Å². The van der Waals surface area contributed by atoms with Gasteiger partial charge in [0, 0.05) is 36.1 Å². The summed E-state index contributed by atoms with van der Waals surface area (Å²) in [6, 6.07) is 7.57. The number of rotatable bonds is 5. The Labute approximate surface area is 155 Å². The molecule has 2 aromatic rings. The highest BCUT2D eigenvalue weighted by Crippen LogP contribution is 2.24. The summed E-state index contributed by atoms with van der Waals surface area (Å²) >= 11 is 0. The van der Waals surface area contributed by atoms with E-state index in [9.17, 15) is 14.9 Å². The number of hydrogen-bond donors (Lipinski definition) is 1. The molecule has 27 heavy (non-hydrogen) atoms. The monoisotopic (exact) mass is 367 g/mol. The molecule has 1 heterocycles. The number of nitrogens with zero attached hydrogens (tertiary/aromatic N) is 4. The molecule has 1 amide bonds. The lowest BCUT2D eigenvalue weighted by atomic mass is 9.92. The van der Waals surface area contributed by atoms with Crippen molar-refractivity contribution in [2.75, 3.05) is 0 Å². The predicted molar refractivity (Wildman–Crippen MR) is 94.0 cm³/mol. The number of nitro benzene ring substituents is 1. The van der Waals surface area contributed by atoms with E-state index < -0.39 is 4.92 Å². The third-order valence-corrected chi connectivity index (χ3v) is 4.38. The zero-order chi connectivity index (χ0) is 19.2. The van der Waals surface area contributed by atoms with Gasteiger partial charge in [-0.15, -0.1) is 0 Å². The molecule has 1 aromatic carbocycles. The summed E-state index contributed by atoms with van der Waals surface area (Å²) in [5.74, 6) is -0.104. The maximum absolute atomic E-state index is 12.3. The van der Waals surface area contributed by atoms with Crippen molar-refractivity contribution in [3.63, 3.8) is 0 Å². The van der Waals surface area contributed by atoms with Crippen LogP contribution in [0.5, 0.6) is 5.88 Å². The molecule has 0 radical (unpaired) electrons. The maximum atomic E-state index is 12.3. The average molecular weight is 367 g/mol. The Kier molecular flexibility index (Phi) is 5.56. The first kappa shape index (κ1) is 18.3. The molecule has 1 fully saturated rings. The van der Waals surface area contributed by atoms with E-state index in [1.54, 1.807) is 6.07 Å². The van der Waals surface area contributed by atoms with E-state index >= 15 is 0 Å². The van der Waals surface area contributed by atoms with Crippen molar-refractivity contribution < 1.29 is 14.5 Å². The fourth-order valence-electron chi connectivity index (χ4n) is 3.00. The number of hydrogen-bond acceptors (Lipinski definition) is 7. The van der Waals surface area contributed by atoms with Crippen LogP contribution in [0, 0.1) is 21.4 Å². The molecule has 3 rings (SSSR count). The highest BCUT2D eigenvalue weighted by atomic mass is 16.6. The van der Waals surface area contributed by atoms with Crippen molar-refractivity contribution in [1.29, 1.82) is 5.26 Å². The summed E-state index contributed by atoms with van der Waals surface area (Å²) in [6.45, 7) is 0. The number of benzene rings is 1.